The van der Waals surface area contributed by atoms with Crippen molar-refractivity contribution < 1.29 is 4.42 Å². The fourth-order valence-electron chi connectivity index (χ4n) is 3.47. The maximum absolute atomic E-state index is 6.20. The quantitative estimate of drug-likeness (QED) is 0.615. The molecule has 26 heavy (non-hydrogen) atoms. The van der Waals surface area contributed by atoms with Gasteiger partial charge in [-0.05, 0) is 39.2 Å². The molecule has 0 aliphatic heterocycles. The molecule has 6 nitrogen and oxygen atoms in total. The second kappa shape index (κ2) is 7.15. The number of thioether (sulfide) groups is 1. The fourth-order valence-corrected chi connectivity index (χ4v) is 5.24. The highest BCUT2D eigenvalue weighted by atomic mass is 32.2. The van der Waals surface area contributed by atoms with Crippen molar-refractivity contribution in [3.63, 3.8) is 0 Å². The van der Waals surface area contributed by atoms with Crippen molar-refractivity contribution in [1.82, 2.24) is 20.2 Å². The monoisotopic (exact) mass is 389 g/mol. The van der Waals surface area contributed by atoms with Crippen LogP contribution in [0.1, 0.15) is 72.4 Å². The van der Waals surface area contributed by atoms with Gasteiger partial charge in [0.25, 0.3) is 5.22 Å². The molecule has 1 aliphatic carbocycles. The van der Waals surface area contributed by atoms with E-state index >= 15 is 0 Å². The van der Waals surface area contributed by atoms with Gasteiger partial charge in [0, 0.05) is 10.8 Å². The summed E-state index contributed by atoms with van der Waals surface area (Å²) in [6.45, 7) is 6.20. The summed E-state index contributed by atoms with van der Waals surface area (Å²) in [4.78, 5) is 11.4. The molecule has 1 fully saturated rings. The number of aryl methyl sites for hydroxylation is 2. The number of hydrogen-bond acceptors (Lipinski definition) is 8. The molecule has 1 atom stereocenters. The number of nitrogen functional groups attached to an aromatic ring is 1. The third-order valence-corrected chi connectivity index (χ3v) is 7.12. The maximum atomic E-state index is 6.20. The van der Waals surface area contributed by atoms with Gasteiger partial charge in [-0.15, -0.1) is 21.5 Å². The van der Waals surface area contributed by atoms with Crippen molar-refractivity contribution in [3.8, 4) is 0 Å². The molecule has 0 aromatic carbocycles. The first kappa shape index (κ1) is 17.7. The molecular formula is C18H23N5OS2. The molecule has 3 heterocycles. The van der Waals surface area contributed by atoms with E-state index in [4.69, 9.17) is 15.1 Å². The van der Waals surface area contributed by atoms with Gasteiger partial charge in [0.1, 0.15) is 16.5 Å². The standard InChI is InChI=1S/C18H23N5OS2/c1-9-10(2)25-17-13(9)14(19)20-15(21-17)11(3)26-18-23-22-16(24-18)12-7-5-4-6-8-12/h11-12H,4-8H2,1-3H3,(H2,19,20,21). The van der Waals surface area contributed by atoms with Gasteiger partial charge in [-0.25, -0.2) is 9.97 Å². The average molecular weight is 390 g/mol. The predicted octanol–water partition coefficient (Wildman–Crippen LogP) is 5.17. The molecule has 1 saturated carbocycles. The molecule has 0 bridgehead atoms. The summed E-state index contributed by atoms with van der Waals surface area (Å²) in [5.74, 6) is 2.45. The van der Waals surface area contributed by atoms with Gasteiger partial charge in [-0.1, -0.05) is 31.0 Å². The van der Waals surface area contributed by atoms with E-state index in [1.165, 1.54) is 41.5 Å². The number of fused-ring (bicyclic) bond motifs is 1. The summed E-state index contributed by atoms with van der Waals surface area (Å²) in [5.41, 5.74) is 7.37. The van der Waals surface area contributed by atoms with E-state index in [-0.39, 0.29) is 5.25 Å². The third kappa shape index (κ3) is 3.32. The van der Waals surface area contributed by atoms with Crippen molar-refractivity contribution in [2.24, 2.45) is 0 Å². The van der Waals surface area contributed by atoms with E-state index in [9.17, 15) is 0 Å². The second-order valence-electron chi connectivity index (χ2n) is 6.93. The third-order valence-electron chi connectivity index (χ3n) is 5.09. The number of anilines is 1. The zero-order chi connectivity index (χ0) is 18.3. The van der Waals surface area contributed by atoms with Gasteiger partial charge in [-0.2, -0.15) is 0 Å². The van der Waals surface area contributed by atoms with Gasteiger partial charge in [-0.3, -0.25) is 0 Å². The van der Waals surface area contributed by atoms with E-state index in [1.54, 1.807) is 11.3 Å². The van der Waals surface area contributed by atoms with E-state index in [0.717, 1.165) is 28.9 Å². The number of hydrogen-bond donors (Lipinski definition) is 1. The Labute approximate surface area is 161 Å². The van der Waals surface area contributed by atoms with Crippen LogP contribution in [0.15, 0.2) is 9.64 Å². The Kier molecular flexibility index (Phi) is 4.88. The average Bonchev–Trinajstić information content (AvgIpc) is 3.21. The van der Waals surface area contributed by atoms with Crippen LogP contribution in [0.25, 0.3) is 10.2 Å². The lowest BCUT2D eigenvalue weighted by atomic mass is 9.89. The predicted molar refractivity (Wildman–Crippen MR) is 106 cm³/mol. The van der Waals surface area contributed by atoms with Crippen molar-refractivity contribution in [1.29, 1.82) is 0 Å². The number of aromatic nitrogens is 4. The minimum atomic E-state index is -0.0101. The lowest BCUT2D eigenvalue weighted by molar-refractivity contribution is 0.334. The first-order valence-corrected chi connectivity index (χ1v) is 10.8. The molecule has 1 aliphatic rings. The summed E-state index contributed by atoms with van der Waals surface area (Å²) < 4.78 is 5.91. The first-order chi connectivity index (χ1) is 12.5. The topological polar surface area (TPSA) is 90.7 Å². The lowest BCUT2D eigenvalue weighted by Crippen LogP contribution is -2.04. The molecule has 0 saturated heterocycles. The fraction of sp³-hybridized carbons (Fsp3) is 0.556. The number of nitrogens with two attached hydrogens (primary N) is 1. The van der Waals surface area contributed by atoms with Crippen LogP contribution in [0.5, 0.6) is 0 Å². The molecule has 0 amide bonds. The smallest absolute Gasteiger partial charge is 0.277 e. The Bertz CT molecular complexity index is 929. The Hall–Kier alpha value is -1.67. The SMILES string of the molecule is Cc1sc2nc(C(C)Sc3nnc(C4CCCCC4)o3)nc(N)c2c1C. The van der Waals surface area contributed by atoms with Crippen LogP contribution >= 0.6 is 23.1 Å². The van der Waals surface area contributed by atoms with E-state index in [2.05, 4.69) is 29.0 Å². The van der Waals surface area contributed by atoms with Crippen molar-refractivity contribution >= 4 is 39.1 Å². The van der Waals surface area contributed by atoms with Crippen LogP contribution in [0.3, 0.4) is 0 Å². The number of rotatable bonds is 4. The largest absolute Gasteiger partial charge is 0.416 e. The molecule has 4 rings (SSSR count). The van der Waals surface area contributed by atoms with Gasteiger partial charge >= 0.3 is 0 Å². The normalized spacial score (nSPS) is 17.0. The molecule has 2 N–H and O–H groups in total. The van der Waals surface area contributed by atoms with E-state index in [0.29, 0.717) is 22.8 Å². The zero-order valence-electron chi connectivity index (χ0n) is 15.3. The molecule has 0 radical (unpaired) electrons. The maximum Gasteiger partial charge on any atom is 0.277 e. The van der Waals surface area contributed by atoms with Gasteiger partial charge < -0.3 is 10.2 Å². The summed E-state index contributed by atoms with van der Waals surface area (Å²) in [6.07, 6.45) is 6.11. The second-order valence-corrected chi connectivity index (χ2v) is 9.43. The van der Waals surface area contributed by atoms with Gasteiger partial charge in [0.2, 0.25) is 5.89 Å². The van der Waals surface area contributed by atoms with Crippen LogP contribution in [0, 0.1) is 13.8 Å². The summed E-state index contributed by atoms with van der Waals surface area (Å²) >= 11 is 3.16. The molecule has 8 heteroatoms. The van der Waals surface area contributed by atoms with Crippen LogP contribution in [-0.2, 0) is 0 Å². The van der Waals surface area contributed by atoms with Crippen LogP contribution in [0.4, 0.5) is 5.82 Å². The Balaban J connectivity index is 1.54. The highest BCUT2D eigenvalue weighted by molar-refractivity contribution is 7.99. The molecule has 1 unspecified atom stereocenters. The highest BCUT2D eigenvalue weighted by Crippen LogP contribution is 2.38. The van der Waals surface area contributed by atoms with Crippen molar-refractivity contribution in [2.45, 2.75) is 69.3 Å². The zero-order valence-corrected chi connectivity index (χ0v) is 16.9. The van der Waals surface area contributed by atoms with Crippen LogP contribution in [0.2, 0.25) is 0 Å². The minimum absolute atomic E-state index is 0.0101. The molecule has 138 valence electrons. The van der Waals surface area contributed by atoms with Gasteiger partial charge in [0.15, 0.2) is 0 Å². The molecule has 0 spiro atoms. The van der Waals surface area contributed by atoms with E-state index < -0.39 is 0 Å². The Morgan fingerprint density at radius 3 is 2.69 bits per heavy atom. The summed E-state index contributed by atoms with van der Waals surface area (Å²) in [7, 11) is 0. The molecule has 3 aromatic heterocycles. The van der Waals surface area contributed by atoms with Gasteiger partial charge in [0.05, 0.1) is 10.6 Å². The Morgan fingerprint density at radius 2 is 1.92 bits per heavy atom. The van der Waals surface area contributed by atoms with Crippen LogP contribution < -0.4 is 5.73 Å². The first-order valence-electron chi connectivity index (χ1n) is 9.06. The number of nitrogens with zero attached hydrogens (tertiary/aromatic N) is 4. The molecule has 3 aromatic rings. The molecular weight excluding hydrogens is 366 g/mol. The van der Waals surface area contributed by atoms with Crippen molar-refractivity contribution in [2.75, 3.05) is 5.73 Å². The van der Waals surface area contributed by atoms with Crippen molar-refractivity contribution in [3.05, 3.63) is 22.2 Å². The van der Waals surface area contributed by atoms with E-state index in [1.807, 2.05) is 6.92 Å². The Morgan fingerprint density at radius 1 is 1.15 bits per heavy atom. The lowest BCUT2D eigenvalue weighted by Gasteiger charge is -2.17. The summed E-state index contributed by atoms with van der Waals surface area (Å²) in [5, 5.41) is 10.0. The minimum Gasteiger partial charge on any atom is -0.416 e. The highest BCUT2D eigenvalue weighted by Gasteiger charge is 2.23. The van der Waals surface area contributed by atoms with Crippen LogP contribution in [-0.4, -0.2) is 20.2 Å². The summed E-state index contributed by atoms with van der Waals surface area (Å²) in [6, 6.07) is 0. The number of thiophene rings is 1.